The molecule has 15 heavy (non-hydrogen) atoms. The van der Waals surface area contributed by atoms with Gasteiger partial charge in [-0.25, -0.2) is 0 Å². The molecule has 3 N–H and O–H groups in total. The van der Waals surface area contributed by atoms with E-state index in [1.165, 1.54) is 18.7 Å². The lowest BCUT2D eigenvalue weighted by molar-refractivity contribution is 0.940. The van der Waals surface area contributed by atoms with Crippen LogP contribution < -0.4 is 14.2 Å². The molecule has 3 aliphatic heterocycles. The van der Waals surface area contributed by atoms with E-state index in [1.807, 2.05) is 23.6 Å². The summed E-state index contributed by atoms with van der Waals surface area (Å²) >= 11 is 5.18. The van der Waals surface area contributed by atoms with E-state index in [2.05, 4.69) is 26.3 Å². The molecule has 3 aliphatic rings. The first-order valence-corrected chi connectivity index (χ1v) is 7.76. The van der Waals surface area contributed by atoms with Gasteiger partial charge in [-0.2, -0.15) is 0 Å². The smallest absolute Gasteiger partial charge is 0.0329 e. The fourth-order valence-electron chi connectivity index (χ4n) is 0.842. The zero-order chi connectivity index (χ0) is 10.6. The van der Waals surface area contributed by atoms with Gasteiger partial charge in [0.1, 0.15) is 0 Å². The summed E-state index contributed by atoms with van der Waals surface area (Å²) in [5.41, 5.74) is 0. The van der Waals surface area contributed by atoms with Gasteiger partial charge in [0.25, 0.3) is 0 Å². The highest BCUT2D eigenvalue weighted by Gasteiger charge is 1.94. The highest BCUT2D eigenvalue weighted by molar-refractivity contribution is 8.00. The van der Waals surface area contributed by atoms with E-state index in [4.69, 9.17) is 0 Å². The van der Waals surface area contributed by atoms with Crippen molar-refractivity contribution in [2.75, 3.05) is 24.6 Å². The molecule has 0 aromatic carbocycles. The predicted molar refractivity (Wildman–Crippen MR) is 74.5 cm³/mol. The lowest BCUT2D eigenvalue weighted by Gasteiger charge is -1.77. The third kappa shape index (κ3) is 9.19. The van der Waals surface area contributed by atoms with Crippen LogP contribution in [-0.2, 0) is 0 Å². The number of hydrogen-bond acceptors (Lipinski definition) is 6. The van der Waals surface area contributed by atoms with Gasteiger partial charge in [0.2, 0.25) is 0 Å². The minimum atomic E-state index is 1.03. The van der Waals surface area contributed by atoms with Gasteiger partial charge < -0.3 is 4.72 Å². The Hall–Kier alpha value is 0.250. The van der Waals surface area contributed by atoms with E-state index in [0.29, 0.717) is 0 Å². The second kappa shape index (κ2) is 10.8. The Balaban J connectivity index is 0.000000112. The van der Waals surface area contributed by atoms with Gasteiger partial charge in [0.15, 0.2) is 0 Å². The molecule has 0 bridgehead atoms. The molecule has 0 aromatic rings. The van der Waals surface area contributed by atoms with Crippen molar-refractivity contribution in [3.05, 3.63) is 23.8 Å². The molecule has 6 heteroatoms. The summed E-state index contributed by atoms with van der Waals surface area (Å²) < 4.78 is 9.12. The third-order valence-electron chi connectivity index (χ3n) is 1.52. The Morgan fingerprint density at radius 1 is 1.07 bits per heavy atom. The molecule has 0 amide bonds. The predicted octanol–water partition coefficient (Wildman–Crippen LogP) is 2.13. The summed E-state index contributed by atoms with van der Waals surface area (Å²) in [6, 6.07) is 0. The van der Waals surface area contributed by atoms with Crippen LogP contribution in [0.1, 0.15) is 6.42 Å². The average Bonchev–Trinajstić information content (AvgIpc) is 3.09. The van der Waals surface area contributed by atoms with Crippen molar-refractivity contribution < 1.29 is 0 Å². The zero-order valence-electron chi connectivity index (χ0n) is 8.57. The van der Waals surface area contributed by atoms with Crippen LogP contribution in [-0.4, -0.2) is 24.6 Å². The van der Waals surface area contributed by atoms with Crippen molar-refractivity contribution in [1.82, 2.24) is 14.2 Å². The second-order valence-electron chi connectivity index (χ2n) is 2.77. The molecule has 0 aromatic heterocycles. The number of hydrogen-bond donors (Lipinski definition) is 3. The summed E-state index contributed by atoms with van der Waals surface area (Å²) in [4.78, 5) is 0. The minimum absolute atomic E-state index is 1.03. The Labute approximate surface area is 105 Å². The fraction of sp³-hybridized carbons (Fsp3) is 0.556. The molecular formula is C9H17N3S3. The zero-order valence-corrected chi connectivity index (χ0v) is 11.0. The molecule has 1 saturated heterocycles. The topological polar surface area (TPSA) is 36.1 Å². The summed E-state index contributed by atoms with van der Waals surface area (Å²) in [6.07, 6.45) is 7.48. The summed E-state index contributed by atoms with van der Waals surface area (Å²) in [5, 5.41) is 2.04. The Morgan fingerprint density at radius 2 is 2.07 bits per heavy atom. The molecular weight excluding hydrogens is 246 g/mol. The van der Waals surface area contributed by atoms with Crippen LogP contribution in [0.2, 0.25) is 0 Å². The van der Waals surface area contributed by atoms with Crippen LogP contribution in [0, 0.1) is 0 Å². The van der Waals surface area contributed by atoms with Crippen LogP contribution in [0.4, 0.5) is 0 Å². The first kappa shape index (κ1) is 13.3. The van der Waals surface area contributed by atoms with Crippen LogP contribution in [0.3, 0.4) is 0 Å². The number of nitrogens with one attached hydrogen (secondary N) is 3. The van der Waals surface area contributed by atoms with E-state index in [1.54, 1.807) is 23.9 Å². The van der Waals surface area contributed by atoms with Crippen molar-refractivity contribution in [2.45, 2.75) is 6.42 Å². The van der Waals surface area contributed by atoms with Crippen LogP contribution in [0.15, 0.2) is 23.8 Å². The molecule has 3 nitrogen and oxygen atoms in total. The van der Waals surface area contributed by atoms with Crippen LogP contribution in [0.5, 0.6) is 0 Å². The van der Waals surface area contributed by atoms with Gasteiger partial charge in [0, 0.05) is 30.8 Å². The van der Waals surface area contributed by atoms with Crippen LogP contribution >= 0.6 is 35.8 Å². The Kier molecular flexibility index (Phi) is 9.55. The van der Waals surface area contributed by atoms with Crippen molar-refractivity contribution >= 4 is 35.8 Å². The average molecular weight is 263 g/mol. The molecule has 1 fully saturated rings. The summed E-state index contributed by atoms with van der Waals surface area (Å²) in [5.74, 6) is 2.43. The maximum absolute atomic E-state index is 3.14. The maximum atomic E-state index is 3.14. The van der Waals surface area contributed by atoms with Gasteiger partial charge in [-0.1, -0.05) is 36.0 Å². The van der Waals surface area contributed by atoms with E-state index < -0.39 is 0 Å². The molecule has 3 heterocycles. The Bertz CT molecular complexity index is 157. The standard InChI is InChI=1S/C3H7NS.2C3H5NS/c3*1-2-4-5-3-1/h4H,1-3H2;1,3-4H,2H2;1-2,4H,3H2. The first-order chi connectivity index (χ1) is 7.50. The Morgan fingerprint density at radius 3 is 2.27 bits per heavy atom. The fourth-order valence-corrected chi connectivity index (χ4v) is 2.53. The molecule has 0 unspecified atom stereocenters. The van der Waals surface area contributed by atoms with Gasteiger partial charge >= 0.3 is 0 Å². The second-order valence-corrected chi connectivity index (χ2v) is 5.41. The number of rotatable bonds is 0. The summed E-state index contributed by atoms with van der Waals surface area (Å²) in [6.45, 7) is 2.25. The van der Waals surface area contributed by atoms with Gasteiger partial charge in [-0.15, -0.1) is 0 Å². The third-order valence-corrected chi connectivity index (χ3v) is 3.75. The van der Waals surface area contributed by atoms with Gasteiger partial charge in [-0.3, -0.25) is 9.44 Å². The molecule has 0 spiro atoms. The van der Waals surface area contributed by atoms with E-state index in [-0.39, 0.29) is 0 Å². The van der Waals surface area contributed by atoms with Crippen molar-refractivity contribution in [3.8, 4) is 0 Å². The normalized spacial score (nSPS) is 21.3. The summed E-state index contributed by atoms with van der Waals surface area (Å²) in [7, 11) is 0. The highest BCUT2D eigenvalue weighted by Crippen LogP contribution is 2.02. The monoisotopic (exact) mass is 263 g/mol. The van der Waals surface area contributed by atoms with Crippen molar-refractivity contribution in [2.24, 2.45) is 0 Å². The van der Waals surface area contributed by atoms with Crippen molar-refractivity contribution in [3.63, 3.8) is 0 Å². The molecule has 86 valence electrons. The quantitative estimate of drug-likeness (QED) is 0.581. The van der Waals surface area contributed by atoms with Crippen molar-refractivity contribution in [1.29, 1.82) is 0 Å². The molecule has 0 aliphatic carbocycles. The molecule has 0 atom stereocenters. The lowest BCUT2D eigenvalue weighted by atomic mass is 10.5. The minimum Gasteiger partial charge on any atom is -0.337 e. The van der Waals surface area contributed by atoms with E-state index in [0.717, 1.165) is 12.3 Å². The highest BCUT2D eigenvalue weighted by atomic mass is 32.2. The van der Waals surface area contributed by atoms with Gasteiger partial charge in [0.05, 0.1) is 0 Å². The van der Waals surface area contributed by atoms with E-state index in [9.17, 15) is 0 Å². The van der Waals surface area contributed by atoms with Gasteiger partial charge in [-0.05, 0) is 23.8 Å². The largest absolute Gasteiger partial charge is 0.337 e. The lowest BCUT2D eigenvalue weighted by Crippen LogP contribution is -1.92. The maximum Gasteiger partial charge on any atom is 0.0329 e. The first-order valence-electron chi connectivity index (χ1n) is 4.90. The van der Waals surface area contributed by atoms with Crippen LogP contribution in [0.25, 0.3) is 0 Å². The molecule has 0 radical (unpaired) electrons. The molecule has 3 rings (SSSR count). The van der Waals surface area contributed by atoms with E-state index >= 15 is 0 Å². The SMILES string of the molecule is C1=CNSC1.C1=CSNC1.C1CNSC1. The molecule has 0 saturated carbocycles.